The minimum Gasteiger partial charge on any atom is -0.493 e. The smallest absolute Gasteiger partial charge is 0.254 e. The van der Waals surface area contributed by atoms with Crippen LogP contribution in [0.5, 0.6) is 17.2 Å². The summed E-state index contributed by atoms with van der Waals surface area (Å²) in [6, 6.07) is 6.69. The Labute approximate surface area is 214 Å². The number of carbonyl (C=O) groups is 2. The van der Waals surface area contributed by atoms with E-state index in [-0.39, 0.29) is 23.2 Å². The van der Waals surface area contributed by atoms with Crippen molar-refractivity contribution in [3.63, 3.8) is 0 Å². The molecule has 7 nitrogen and oxygen atoms in total. The Morgan fingerprint density at radius 3 is 2.16 bits per heavy atom. The second-order valence-corrected chi connectivity index (χ2v) is 9.94. The van der Waals surface area contributed by atoms with Crippen molar-refractivity contribution >= 4 is 17.4 Å². The van der Waals surface area contributed by atoms with Gasteiger partial charge in [-0.15, -0.1) is 0 Å². The molecule has 2 aromatic rings. The molecule has 196 valence electrons. The zero-order valence-electron chi connectivity index (χ0n) is 21.7. The van der Waals surface area contributed by atoms with Gasteiger partial charge in [0.25, 0.3) is 5.91 Å². The van der Waals surface area contributed by atoms with Crippen molar-refractivity contribution < 1.29 is 32.6 Å². The van der Waals surface area contributed by atoms with E-state index in [2.05, 4.69) is 10.6 Å². The lowest BCUT2D eigenvalue weighted by atomic mass is 9.68. The number of halogens is 2. The van der Waals surface area contributed by atoms with Gasteiger partial charge in [-0.2, -0.15) is 0 Å². The van der Waals surface area contributed by atoms with Gasteiger partial charge in [0.1, 0.15) is 17.3 Å². The van der Waals surface area contributed by atoms with E-state index < -0.39 is 29.1 Å². The van der Waals surface area contributed by atoms with Gasteiger partial charge in [0, 0.05) is 34.9 Å². The highest BCUT2D eigenvalue weighted by Crippen LogP contribution is 2.49. The van der Waals surface area contributed by atoms with Crippen molar-refractivity contribution in [1.29, 1.82) is 0 Å². The number of Topliss-reactive ketones (excluding diaryl/α,β-unsaturated/α-hetero) is 1. The molecule has 2 aromatic carbocycles. The third-order valence-electron chi connectivity index (χ3n) is 6.71. The van der Waals surface area contributed by atoms with E-state index in [1.807, 2.05) is 13.8 Å². The largest absolute Gasteiger partial charge is 0.493 e. The summed E-state index contributed by atoms with van der Waals surface area (Å²) < 4.78 is 45.3. The van der Waals surface area contributed by atoms with Crippen LogP contribution in [0.3, 0.4) is 0 Å². The molecule has 1 atom stereocenters. The fraction of sp³-hybridized carbons (Fsp3) is 0.357. The standard InChI is InChI=1S/C28H30F2N2O5/c1-14-22(27(34)32-25-16(29)8-7-9-17(25)30)23(24-18(31-14)12-28(2,3)13-19(24)33)15-10-20(35-4)26(37-6)21(11-15)36-5/h7-11,23,31H,12-13H2,1-6H3,(H,32,34). The summed E-state index contributed by atoms with van der Waals surface area (Å²) in [7, 11) is 4.42. The molecule has 0 radical (unpaired) electrons. The molecule has 1 unspecified atom stereocenters. The highest BCUT2D eigenvalue weighted by molar-refractivity contribution is 6.10. The first kappa shape index (κ1) is 26.2. The minimum atomic E-state index is -0.907. The van der Waals surface area contributed by atoms with E-state index in [1.54, 1.807) is 19.1 Å². The third-order valence-corrected chi connectivity index (χ3v) is 6.71. The van der Waals surface area contributed by atoms with Crippen molar-refractivity contribution in [2.24, 2.45) is 5.41 Å². The molecule has 0 bridgehead atoms. The van der Waals surface area contributed by atoms with Gasteiger partial charge in [0.05, 0.1) is 21.3 Å². The van der Waals surface area contributed by atoms with Crippen LogP contribution in [-0.4, -0.2) is 33.0 Å². The van der Waals surface area contributed by atoms with Gasteiger partial charge in [-0.05, 0) is 48.6 Å². The van der Waals surface area contributed by atoms with Gasteiger partial charge in [0.2, 0.25) is 5.75 Å². The molecule has 1 aliphatic carbocycles. The van der Waals surface area contributed by atoms with Crippen molar-refractivity contribution in [3.05, 3.63) is 70.1 Å². The summed E-state index contributed by atoms with van der Waals surface area (Å²) in [4.78, 5) is 27.2. The third kappa shape index (κ3) is 4.77. The Hall–Kier alpha value is -3.88. The Bertz CT molecular complexity index is 1300. The molecule has 0 saturated heterocycles. The zero-order valence-corrected chi connectivity index (χ0v) is 21.7. The number of ketones is 1. The number of ether oxygens (including phenoxy) is 3. The fourth-order valence-electron chi connectivity index (χ4n) is 5.14. The Balaban J connectivity index is 1.92. The average Bonchev–Trinajstić information content (AvgIpc) is 2.83. The summed E-state index contributed by atoms with van der Waals surface area (Å²) in [5, 5.41) is 5.61. The van der Waals surface area contributed by atoms with E-state index in [0.29, 0.717) is 46.2 Å². The first-order valence-corrected chi connectivity index (χ1v) is 11.8. The molecule has 0 aromatic heterocycles. The number of benzene rings is 2. The summed E-state index contributed by atoms with van der Waals surface area (Å²) in [6.45, 7) is 5.72. The Kier molecular flexibility index (Phi) is 6.99. The minimum absolute atomic E-state index is 0.118. The van der Waals surface area contributed by atoms with E-state index in [4.69, 9.17) is 14.2 Å². The predicted molar refractivity (Wildman–Crippen MR) is 135 cm³/mol. The van der Waals surface area contributed by atoms with Crippen LogP contribution in [0.2, 0.25) is 0 Å². The van der Waals surface area contributed by atoms with E-state index >= 15 is 0 Å². The first-order valence-electron chi connectivity index (χ1n) is 11.8. The van der Waals surface area contributed by atoms with Gasteiger partial charge in [0.15, 0.2) is 17.3 Å². The number of anilines is 1. The van der Waals surface area contributed by atoms with E-state index in [1.165, 1.54) is 27.4 Å². The fourth-order valence-corrected chi connectivity index (χ4v) is 5.14. The first-order chi connectivity index (χ1) is 17.5. The van der Waals surface area contributed by atoms with Crippen LogP contribution < -0.4 is 24.8 Å². The molecule has 2 aliphatic rings. The van der Waals surface area contributed by atoms with Crippen molar-refractivity contribution in [1.82, 2.24) is 5.32 Å². The number of hydrogen-bond acceptors (Lipinski definition) is 6. The quantitative estimate of drug-likeness (QED) is 0.551. The molecule has 4 rings (SSSR count). The van der Waals surface area contributed by atoms with E-state index in [0.717, 1.165) is 12.1 Å². The molecule has 1 amide bonds. The number of hydrogen-bond donors (Lipinski definition) is 2. The Morgan fingerprint density at radius 2 is 1.62 bits per heavy atom. The highest BCUT2D eigenvalue weighted by atomic mass is 19.1. The zero-order chi connectivity index (χ0) is 27.1. The van der Waals surface area contributed by atoms with Crippen LogP contribution in [0.4, 0.5) is 14.5 Å². The van der Waals surface area contributed by atoms with E-state index in [9.17, 15) is 18.4 Å². The molecule has 1 aliphatic heterocycles. The second kappa shape index (κ2) is 9.88. The van der Waals surface area contributed by atoms with Crippen LogP contribution in [0.25, 0.3) is 0 Å². The van der Waals surface area contributed by atoms with Crippen LogP contribution in [0, 0.1) is 17.0 Å². The average molecular weight is 513 g/mol. The maximum absolute atomic E-state index is 14.4. The summed E-state index contributed by atoms with van der Waals surface area (Å²) in [5.74, 6) is -2.47. The number of rotatable bonds is 6. The van der Waals surface area contributed by atoms with Crippen molar-refractivity contribution in [2.45, 2.75) is 39.5 Å². The molecule has 9 heteroatoms. The maximum Gasteiger partial charge on any atom is 0.254 e. The summed E-state index contributed by atoms with van der Waals surface area (Å²) in [6.07, 6.45) is 0.869. The second-order valence-electron chi connectivity index (χ2n) is 9.94. The molecule has 0 spiro atoms. The molecule has 1 heterocycles. The monoisotopic (exact) mass is 512 g/mol. The highest BCUT2D eigenvalue weighted by Gasteiger charge is 2.43. The number of carbonyl (C=O) groups excluding carboxylic acids is 2. The van der Waals surface area contributed by atoms with Gasteiger partial charge in [-0.25, -0.2) is 8.78 Å². The summed E-state index contributed by atoms with van der Waals surface area (Å²) in [5.41, 5.74) is 1.46. The SMILES string of the molecule is COc1cc(C2C(C(=O)Nc3c(F)cccc3F)=C(C)NC3=C2C(=O)CC(C)(C)C3)cc(OC)c1OC. The maximum atomic E-state index is 14.4. The molecule has 0 fully saturated rings. The van der Waals surface area contributed by atoms with Gasteiger partial charge < -0.3 is 24.8 Å². The molecule has 37 heavy (non-hydrogen) atoms. The van der Waals surface area contributed by atoms with Gasteiger partial charge in [-0.1, -0.05) is 19.9 Å². The lowest BCUT2D eigenvalue weighted by Gasteiger charge is -2.39. The number of methoxy groups -OCH3 is 3. The van der Waals surface area contributed by atoms with Crippen molar-refractivity contribution in [2.75, 3.05) is 26.6 Å². The topological polar surface area (TPSA) is 85.9 Å². The van der Waals surface area contributed by atoms with Crippen LogP contribution in [-0.2, 0) is 9.59 Å². The summed E-state index contributed by atoms with van der Waals surface area (Å²) >= 11 is 0. The molecular formula is C28H30F2N2O5. The van der Waals surface area contributed by atoms with Gasteiger partial charge in [-0.3, -0.25) is 9.59 Å². The number of allylic oxidation sites excluding steroid dienone is 3. The normalized spacial score (nSPS) is 18.7. The number of nitrogens with one attached hydrogen (secondary N) is 2. The Morgan fingerprint density at radius 1 is 1.03 bits per heavy atom. The number of dihydropyridines is 1. The van der Waals surface area contributed by atoms with Crippen LogP contribution >= 0.6 is 0 Å². The van der Waals surface area contributed by atoms with Crippen molar-refractivity contribution in [3.8, 4) is 17.2 Å². The number of amides is 1. The lowest BCUT2D eigenvalue weighted by molar-refractivity contribution is -0.118. The van der Waals surface area contributed by atoms with Gasteiger partial charge >= 0.3 is 0 Å². The number of para-hydroxylation sites is 1. The van der Waals surface area contributed by atoms with Crippen LogP contribution in [0.15, 0.2) is 52.9 Å². The van der Waals surface area contributed by atoms with Crippen LogP contribution in [0.1, 0.15) is 45.1 Å². The lowest BCUT2D eigenvalue weighted by Crippen LogP contribution is -2.39. The predicted octanol–water partition coefficient (Wildman–Crippen LogP) is 5.23. The molecular weight excluding hydrogens is 482 g/mol. The molecule has 0 saturated carbocycles. The molecule has 2 N–H and O–H groups in total.